The number of benzene rings is 1. The average molecular weight is 258 g/mol. The minimum absolute atomic E-state index is 0.0422. The molecule has 5 heteroatoms. The van der Waals surface area contributed by atoms with Crippen LogP contribution in [0.1, 0.15) is 24.4 Å². The molecule has 100 valence electrons. The first-order valence-corrected chi connectivity index (χ1v) is 6.24. The topological polar surface area (TPSA) is 72.9 Å². The molecule has 1 aromatic carbocycles. The normalized spacial score (nSPS) is 12.1. The van der Waals surface area contributed by atoms with Gasteiger partial charge in [-0.2, -0.15) is 5.10 Å². The minimum Gasteiger partial charge on any atom is -0.324 e. The lowest BCUT2D eigenvalue weighted by molar-refractivity contribution is -0.116. The van der Waals surface area contributed by atoms with Gasteiger partial charge in [-0.3, -0.25) is 9.48 Å². The lowest BCUT2D eigenvalue weighted by Crippen LogP contribution is -2.16. The fourth-order valence-corrected chi connectivity index (χ4v) is 1.86. The van der Waals surface area contributed by atoms with Gasteiger partial charge in [-0.1, -0.05) is 30.3 Å². The molecule has 0 spiro atoms. The van der Waals surface area contributed by atoms with Gasteiger partial charge in [0.1, 0.15) is 0 Å². The Hall–Kier alpha value is -2.14. The van der Waals surface area contributed by atoms with Crippen LogP contribution >= 0.6 is 0 Å². The van der Waals surface area contributed by atoms with Crippen molar-refractivity contribution in [3.63, 3.8) is 0 Å². The summed E-state index contributed by atoms with van der Waals surface area (Å²) >= 11 is 0. The van der Waals surface area contributed by atoms with E-state index in [1.165, 1.54) is 0 Å². The van der Waals surface area contributed by atoms with Crippen LogP contribution in [0.4, 0.5) is 5.69 Å². The standard InChI is InChI=1S/C14H18N4O/c1-18-10-12(9-16-18)17-14(19)8-7-13(15)11-5-3-2-4-6-11/h2-6,9-10,13H,7-8,15H2,1H3,(H,17,19). The average Bonchev–Trinajstić information content (AvgIpc) is 2.82. The molecule has 2 aromatic rings. The Morgan fingerprint density at radius 2 is 2.16 bits per heavy atom. The van der Waals surface area contributed by atoms with Crippen LogP contribution in [0.25, 0.3) is 0 Å². The van der Waals surface area contributed by atoms with Gasteiger partial charge >= 0.3 is 0 Å². The van der Waals surface area contributed by atoms with Crippen molar-refractivity contribution in [2.75, 3.05) is 5.32 Å². The Kier molecular flexibility index (Phi) is 4.30. The maximum absolute atomic E-state index is 11.8. The van der Waals surface area contributed by atoms with Crippen molar-refractivity contribution in [3.8, 4) is 0 Å². The molecular weight excluding hydrogens is 240 g/mol. The van der Waals surface area contributed by atoms with E-state index in [-0.39, 0.29) is 11.9 Å². The Morgan fingerprint density at radius 3 is 2.79 bits per heavy atom. The first-order chi connectivity index (χ1) is 9.15. The molecule has 3 N–H and O–H groups in total. The van der Waals surface area contributed by atoms with E-state index in [0.29, 0.717) is 18.5 Å². The second kappa shape index (κ2) is 6.15. The van der Waals surface area contributed by atoms with Crippen molar-refractivity contribution in [3.05, 3.63) is 48.3 Å². The number of hydrogen-bond acceptors (Lipinski definition) is 3. The van der Waals surface area contributed by atoms with Crippen molar-refractivity contribution in [2.24, 2.45) is 12.8 Å². The quantitative estimate of drug-likeness (QED) is 0.859. The summed E-state index contributed by atoms with van der Waals surface area (Å²) in [5.41, 5.74) is 7.81. The zero-order chi connectivity index (χ0) is 13.7. The van der Waals surface area contributed by atoms with Gasteiger partial charge in [-0.05, 0) is 12.0 Å². The van der Waals surface area contributed by atoms with Gasteiger partial charge in [-0.25, -0.2) is 0 Å². The summed E-state index contributed by atoms with van der Waals surface area (Å²) in [7, 11) is 1.81. The molecule has 2 rings (SSSR count). The second-order valence-corrected chi connectivity index (χ2v) is 4.51. The number of anilines is 1. The van der Waals surface area contributed by atoms with Crippen LogP contribution in [-0.4, -0.2) is 15.7 Å². The van der Waals surface area contributed by atoms with E-state index in [4.69, 9.17) is 5.73 Å². The summed E-state index contributed by atoms with van der Waals surface area (Å²) in [6.07, 6.45) is 4.39. The van der Waals surface area contributed by atoms with E-state index in [1.807, 2.05) is 30.3 Å². The number of carbonyl (C=O) groups excluding carboxylic acids is 1. The number of hydrogen-bond donors (Lipinski definition) is 2. The maximum atomic E-state index is 11.8. The van der Waals surface area contributed by atoms with Crippen LogP contribution in [0.15, 0.2) is 42.7 Å². The number of aryl methyl sites for hydroxylation is 1. The van der Waals surface area contributed by atoms with Crippen molar-refractivity contribution in [1.82, 2.24) is 9.78 Å². The van der Waals surface area contributed by atoms with Gasteiger partial charge in [-0.15, -0.1) is 0 Å². The number of nitrogens with two attached hydrogens (primary N) is 1. The number of aromatic nitrogens is 2. The fraction of sp³-hybridized carbons (Fsp3) is 0.286. The maximum Gasteiger partial charge on any atom is 0.224 e. The van der Waals surface area contributed by atoms with E-state index in [0.717, 1.165) is 5.56 Å². The van der Waals surface area contributed by atoms with Crippen LogP contribution < -0.4 is 11.1 Å². The van der Waals surface area contributed by atoms with E-state index in [9.17, 15) is 4.79 Å². The lowest BCUT2D eigenvalue weighted by Gasteiger charge is -2.11. The third-order valence-electron chi connectivity index (χ3n) is 2.90. The number of nitrogens with zero attached hydrogens (tertiary/aromatic N) is 2. The molecule has 0 radical (unpaired) electrons. The predicted octanol–water partition coefficient (Wildman–Crippen LogP) is 1.84. The van der Waals surface area contributed by atoms with Crippen molar-refractivity contribution >= 4 is 11.6 Å². The number of nitrogens with one attached hydrogen (secondary N) is 1. The minimum atomic E-state index is -0.110. The smallest absolute Gasteiger partial charge is 0.224 e. The van der Waals surface area contributed by atoms with Crippen LogP contribution in [0.2, 0.25) is 0 Å². The first kappa shape index (κ1) is 13.3. The summed E-state index contributed by atoms with van der Waals surface area (Å²) < 4.78 is 1.64. The van der Waals surface area contributed by atoms with Crippen molar-refractivity contribution in [2.45, 2.75) is 18.9 Å². The molecule has 5 nitrogen and oxygen atoms in total. The second-order valence-electron chi connectivity index (χ2n) is 4.51. The van der Waals surface area contributed by atoms with Crippen molar-refractivity contribution in [1.29, 1.82) is 0 Å². The summed E-state index contributed by atoms with van der Waals surface area (Å²) in [5.74, 6) is -0.0422. The molecule has 1 heterocycles. The lowest BCUT2D eigenvalue weighted by atomic mass is 10.0. The molecule has 0 aliphatic carbocycles. The van der Waals surface area contributed by atoms with Gasteiger partial charge in [0, 0.05) is 25.7 Å². The largest absolute Gasteiger partial charge is 0.324 e. The molecule has 19 heavy (non-hydrogen) atoms. The van der Waals surface area contributed by atoms with Crippen LogP contribution in [0, 0.1) is 0 Å². The summed E-state index contributed by atoms with van der Waals surface area (Å²) in [4.78, 5) is 11.8. The molecule has 1 amide bonds. The van der Waals surface area contributed by atoms with E-state index in [1.54, 1.807) is 24.1 Å². The molecule has 1 atom stereocenters. The van der Waals surface area contributed by atoms with Gasteiger partial charge in [0.15, 0.2) is 0 Å². The molecule has 1 unspecified atom stereocenters. The molecule has 0 aliphatic rings. The Labute approximate surface area is 112 Å². The molecule has 0 saturated heterocycles. The highest BCUT2D eigenvalue weighted by Crippen LogP contribution is 2.15. The highest BCUT2D eigenvalue weighted by molar-refractivity contribution is 5.90. The van der Waals surface area contributed by atoms with E-state index in [2.05, 4.69) is 10.4 Å². The van der Waals surface area contributed by atoms with Crippen molar-refractivity contribution < 1.29 is 4.79 Å². The fourth-order valence-electron chi connectivity index (χ4n) is 1.86. The van der Waals surface area contributed by atoms with Gasteiger partial charge in [0.05, 0.1) is 11.9 Å². The van der Waals surface area contributed by atoms with Gasteiger partial charge in [0.2, 0.25) is 5.91 Å². The van der Waals surface area contributed by atoms with E-state index >= 15 is 0 Å². The third kappa shape index (κ3) is 3.93. The zero-order valence-corrected chi connectivity index (χ0v) is 10.9. The van der Waals surface area contributed by atoms with Crippen LogP contribution in [0.3, 0.4) is 0 Å². The van der Waals surface area contributed by atoms with Crippen LogP contribution in [-0.2, 0) is 11.8 Å². The third-order valence-corrected chi connectivity index (χ3v) is 2.90. The molecule has 0 fully saturated rings. The SMILES string of the molecule is Cn1cc(NC(=O)CCC(N)c2ccccc2)cn1. The molecular formula is C14H18N4O. The monoisotopic (exact) mass is 258 g/mol. The highest BCUT2D eigenvalue weighted by Gasteiger charge is 2.09. The highest BCUT2D eigenvalue weighted by atomic mass is 16.1. The summed E-state index contributed by atoms with van der Waals surface area (Å²) in [6, 6.07) is 9.69. The Morgan fingerprint density at radius 1 is 1.42 bits per heavy atom. The predicted molar refractivity (Wildman–Crippen MR) is 74.4 cm³/mol. The van der Waals surface area contributed by atoms with Gasteiger partial charge in [0.25, 0.3) is 0 Å². The molecule has 0 bridgehead atoms. The first-order valence-electron chi connectivity index (χ1n) is 6.24. The molecule has 1 aromatic heterocycles. The van der Waals surface area contributed by atoms with E-state index < -0.39 is 0 Å². The number of carbonyl (C=O) groups is 1. The Balaban J connectivity index is 1.80. The summed E-state index contributed by atoms with van der Waals surface area (Å²) in [6.45, 7) is 0. The molecule has 0 aliphatic heterocycles. The number of rotatable bonds is 5. The van der Waals surface area contributed by atoms with Gasteiger partial charge < -0.3 is 11.1 Å². The number of amides is 1. The zero-order valence-electron chi connectivity index (χ0n) is 10.9. The summed E-state index contributed by atoms with van der Waals surface area (Å²) in [5, 5.41) is 6.78. The van der Waals surface area contributed by atoms with Crippen LogP contribution in [0.5, 0.6) is 0 Å². The molecule has 0 saturated carbocycles. The Bertz CT molecular complexity index is 535.